The highest BCUT2D eigenvalue weighted by atomic mass is 19.2. The standard InChI is InChI=1S/C30H32F3N3O2/c1-16-22(17(2)27(32)28(33)26(16)31)15-25(37)36(3)30-24(13-18-7-5-6-8-18)34-29-21-11-10-20(38-4)14-19(21)9-12-23(29)35-30/h10-11,14,18H,5-9,12-13,15H2,1-4H3. The smallest absolute Gasteiger partial charge is 0.232 e. The second kappa shape index (κ2) is 10.4. The summed E-state index contributed by atoms with van der Waals surface area (Å²) in [6, 6.07) is 5.96. The number of ether oxygens (including phenoxy) is 1. The number of aryl methyl sites for hydroxylation is 2. The topological polar surface area (TPSA) is 55.3 Å². The van der Waals surface area contributed by atoms with E-state index in [4.69, 9.17) is 14.7 Å². The van der Waals surface area contributed by atoms with Crippen molar-refractivity contribution in [3.05, 3.63) is 69.3 Å². The van der Waals surface area contributed by atoms with Crippen molar-refractivity contribution in [3.63, 3.8) is 0 Å². The first kappa shape index (κ1) is 26.2. The third kappa shape index (κ3) is 4.65. The Bertz CT molecular complexity index is 1390. The van der Waals surface area contributed by atoms with Crippen LogP contribution in [0.3, 0.4) is 0 Å². The lowest BCUT2D eigenvalue weighted by atomic mass is 9.91. The summed E-state index contributed by atoms with van der Waals surface area (Å²) in [5.74, 6) is -2.67. The van der Waals surface area contributed by atoms with Crippen LogP contribution in [0.4, 0.5) is 19.0 Å². The van der Waals surface area contributed by atoms with E-state index in [-0.39, 0.29) is 29.0 Å². The van der Waals surface area contributed by atoms with Gasteiger partial charge in [-0.1, -0.05) is 25.7 Å². The van der Waals surface area contributed by atoms with Crippen LogP contribution < -0.4 is 9.64 Å². The first-order chi connectivity index (χ1) is 18.2. The van der Waals surface area contributed by atoms with Crippen molar-refractivity contribution in [1.82, 2.24) is 9.97 Å². The minimum Gasteiger partial charge on any atom is -0.497 e. The molecule has 1 amide bonds. The number of anilines is 1. The molecule has 0 saturated heterocycles. The molecular formula is C30H32F3N3O2. The molecule has 5 nitrogen and oxygen atoms in total. The van der Waals surface area contributed by atoms with E-state index in [2.05, 4.69) is 0 Å². The molecule has 1 aromatic heterocycles. The summed E-state index contributed by atoms with van der Waals surface area (Å²) in [4.78, 5) is 24.9. The van der Waals surface area contributed by atoms with Crippen molar-refractivity contribution in [2.75, 3.05) is 19.1 Å². The Morgan fingerprint density at radius 3 is 2.37 bits per heavy atom. The Kier molecular flexibility index (Phi) is 7.16. The highest BCUT2D eigenvalue weighted by Crippen LogP contribution is 2.37. The number of likely N-dealkylation sites (N-methyl/N-ethyl adjacent to an activating group) is 1. The summed E-state index contributed by atoms with van der Waals surface area (Å²) in [5, 5.41) is 0. The average Bonchev–Trinajstić information content (AvgIpc) is 3.45. The zero-order chi connectivity index (χ0) is 27.1. The van der Waals surface area contributed by atoms with E-state index in [1.807, 2.05) is 18.2 Å². The van der Waals surface area contributed by atoms with Crippen molar-refractivity contribution >= 4 is 11.7 Å². The fraction of sp³-hybridized carbons (Fsp3) is 0.433. The van der Waals surface area contributed by atoms with Gasteiger partial charge in [0.2, 0.25) is 5.91 Å². The van der Waals surface area contributed by atoms with Crippen LogP contribution in [0.15, 0.2) is 18.2 Å². The van der Waals surface area contributed by atoms with Gasteiger partial charge in [-0.05, 0) is 79.5 Å². The average molecular weight is 524 g/mol. The third-order valence-electron chi connectivity index (χ3n) is 8.14. The minimum atomic E-state index is -1.51. The Hall–Kier alpha value is -3.42. The molecule has 2 aliphatic rings. The number of fused-ring (bicyclic) bond motifs is 3. The fourth-order valence-corrected chi connectivity index (χ4v) is 5.79. The molecule has 0 aliphatic heterocycles. The summed E-state index contributed by atoms with van der Waals surface area (Å²) in [6.45, 7) is 2.73. The van der Waals surface area contributed by atoms with E-state index in [1.54, 1.807) is 14.2 Å². The molecule has 0 radical (unpaired) electrons. The van der Waals surface area contributed by atoms with Crippen LogP contribution in [0.2, 0.25) is 0 Å². The first-order valence-corrected chi connectivity index (χ1v) is 13.2. The molecule has 0 unspecified atom stereocenters. The minimum absolute atomic E-state index is 0.0575. The Balaban J connectivity index is 1.53. The number of halogens is 3. The van der Waals surface area contributed by atoms with E-state index in [1.165, 1.54) is 31.6 Å². The molecule has 2 aromatic carbocycles. The number of hydrogen-bond acceptors (Lipinski definition) is 4. The Labute approximate surface area is 221 Å². The Morgan fingerprint density at radius 2 is 1.71 bits per heavy atom. The maximum atomic E-state index is 14.3. The number of methoxy groups -OCH3 is 1. The molecule has 0 atom stereocenters. The van der Waals surface area contributed by atoms with Gasteiger partial charge in [0, 0.05) is 12.6 Å². The van der Waals surface area contributed by atoms with Crippen LogP contribution >= 0.6 is 0 Å². The number of aromatic nitrogens is 2. The molecule has 200 valence electrons. The summed E-state index contributed by atoms with van der Waals surface area (Å²) in [5.41, 5.74) is 4.62. The number of benzene rings is 2. The van der Waals surface area contributed by atoms with Gasteiger partial charge in [-0.25, -0.2) is 23.1 Å². The van der Waals surface area contributed by atoms with Gasteiger partial charge < -0.3 is 4.74 Å². The van der Waals surface area contributed by atoms with Crippen LogP contribution in [0.5, 0.6) is 5.75 Å². The maximum absolute atomic E-state index is 14.3. The number of carbonyl (C=O) groups is 1. The molecule has 1 saturated carbocycles. The van der Waals surface area contributed by atoms with Crippen molar-refractivity contribution in [2.45, 2.75) is 65.2 Å². The van der Waals surface area contributed by atoms with Gasteiger partial charge in [-0.15, -0.1) is 0 Å². The molecule has 2 aliphatic carbocycles. The van der Waals surface area contributed by atoms with Crippen LogP contribution in [0.1, 0.15) is 59.3 Å². The first-order valence-electron chi connectivity index (χ1n) is 13.2. The molecule has 38 heavy (non-hydrogen) atoms. The fourth-order valence-electron chi connectivity index (χ4n) is 5.79. The quantitative estimate of drug-likeness (QED) is 0.360. The van der Waals surface area contributed by atoms with Gasteiger partial charge in [-0.3, -0.25) is 9.69 Å². The van der Waals surface area contributed by atoms with Crippen molar-refractivity contribution < 1.29 is 22.7 Å². The molecule has 0 N–H and O–H groups in total. The highest BCUT2D eigenvalue weighted by molar-refractivity contribution is 5.94. The largest absolute Gasteiger partial charge is 0.497 e. The normalized spacial score (nSPS) is 14.8. The van der Waals surface area contributed by atoms with Gasteiger partial charge in [0.1, 0.15) is 5.75 Å². The van der Waals surface area contributed by atoms with Crippen molar-refractivity contribution in [2.24, 2.45) is 5.92 Å². The summed E-state index contributed by atoms with van der Waals surface area (Å²) in [6.07, 6.45) is 6.45. The summed E-state index contributed by atoms with van der Waals surface area (Å²) in [7, 11) is 3.27. The van der Waals surface area contributed by atoms with Gasteiger partial charge in [0.15, 0.2) is 23.3 Å². The Morgan fingerprint density at radius 1 is 1.03 bits per heavy atom. The monoisotopic (exact) mass is 523 g/mol. The molecule has 0 spiro atoms. The SMILES string of the molecule is COc1ccc2c(c1)CCc1nc(N(C)C(=O)Cc3c(C)c(F)c(F)c(F)c3C)c(CC3CCCC3)nc1-2. The highest BCUT2D eigenvalue weighted by Gasteiger charge is 2.29. The van der Waals surface area contributed by atoms with E-state index < -0.39 is 17.5 Å². The van der Waals surface area contributed by atoms with Gasteiger partial charge in [0.05, 0.1) is 30.6 Å². The van der Waals surface area contributed by atoms with Gasteiger partial charge >= 0.3 is 0 Å². The zero-order valence-electron chi connectivity index (χ0n) is 22.3. The second-order valence-corrected chi connectivity index (χ2v) is 10.5. The molecule has 1 fully saturated rings. The van der Waals surface area contributed by atoms with Crippen molar-refractivity contribution in [3.8, 4) is 17.0 Å². The predicted octanol–water partition coefficient (Wildman–Crippen LogP) is 6.22. The van der Waals surface area contributed by atoms with E-state index in [0.717, 1.165) is 53.2 Å². The zero-order valence-corrected chi connectivity index (χ0v) is 22.3. The van der Waals surface area contributed by atoms with Gasteiger partial charge in [-0.2, -0.15) is 0 Å². The second-order valence-electron chi connectivity index (χ2n) is 10.5. The lowest BCUT2D eigenvalue weighted by Crippen LogP contribution is -2.32. The number of nitrogens with zero attached hydrogens (tertiary/aromatic N) is 3. The number of amides is 1. The molecular weight excluding hydrogens is 491 g/mol. The van der Waals surface area contributed by atoms with Crippen LogP contribution in [-0.4, -0.2) is 30.0 Å². The predicted molar refractivity (Wildman–Crippen MR) is 140 cm³/mol. The molecule has 5 rings (SSSR count). The van der Waals surface area contributed by atoms with Gasteiger partial charge in [0.25, 0.3) is 0 Å². The number of hydrogen-bond donors (Lipinski definition) is 0. The summed E-state index contributed by atoms with van der Waals surface area (Å²) >= 11 is 0. The maximum Gasteiger partial charge on any atom is 0.232 e. The number of carbonyl (C=O) groups excluding carboxylic acids is 1. The molecule has 1 heterocycles. The molecule has 8 heteroatoms. The van der Waals surface area contributed by atoms with E-state index in [9.17, 15) is 18.0 Å². The van der Waals surface area contributed by atoms with Crippen molar-refractivity contribution in [1.29, 1.82) is 0 Å². The van der Waals surface area contributed by atoms with Crippen LogP contribution in [0, 0.1) is 37.2 Å². The summed E-state index contributed by atoms with van der Waals surface area (Å²) < 4.78 is 47.8. The lowest BCUT2D eigenvalue weighted by molar-refractivity contribution is -0.117. The van der Waals surface area contributed by atoms with Crippen LogP contribution in [0.25, 0.3) is 11.3 Å². The third-order valence-corrected chi connectivity index (χ3v) is 8.14. The molecule has 3 aromatic rings. The number of rotatable bonds is 6. The van der Waals surface area contributed by atoms with E-state index >= 15 is 0 Å². The lowest BCUT2D eigenvalue weighted by Gasteiger charge is -2.26. The van der Waals surface area contributed by atoms with Crippen LogP contribution in [-0.2, 0) is 30.5 Å². The molecule has 0 bridgehead atoms. The van der Waals surface area contributed by atoms with E-state index in [0.29, 0.717) is 24.6 Å².